The van der Waals surface area contributed by atoms with E-state index in [9.17, 15) is 0 Å². The molecule has 3 nitrogen and oxygen atoms in total. The number of thiophene rings is 1. The van der Waals surface area contributed by atoms with Gasteiger partial charge in [-0.3, -0.25) is 0 Å². The van der Waals surface area contributed by atoms with Crippen LogP contribution in [-0.4, -0.2) is 15.0 Å². The first kappa shape index (κ1) is 13.0. The minimum absolute atomic E-state index is 0.152. The van der Waals surface area contributed by atoms with Crippen molar-refractivity contribution < 1.29 is 0 Å². The molecular weight excluding hydrogens is 325 g/mol. The third kappa shape index (κ3) is 2.16. The lowest BCUT2D eigenvalue weighted by Gasteiger charge is -2.00. The Morgan fingerprint density at radius 3 is 2.48 bits per heavy atom. The molecule has 6 heteroatoms. The molecule has 4 aromatic rings. The Bertz CT molecular complexity index is 967. The fourth-order valence-electron chi connectivity index (χ4n) is 2.24. The van der Waals surface area contributed by atoms with E-state index in [4.69, 9.17) is 28.2 Å². The predicted molar refractivity (Wildman–Crippen MR) is 88.2 cm³/mol. The van der Waals surface area contributed by atoms with Crippen LogP contribution in [-0.2, 0) is 0 Å². The molecule has 0 spiro atoms. The third-order valence-corrected chi connectivity index (χ3v) is 4.83. The first-order valence-corrected chi connectivity index (χ1v) is 7.77. The first-order chi connectivity index (χ1) is 10.2. The summed E-state index contributed by atoms with van der Waals surface area (Å²) in [4.78, 5) is 13.8. The molecule has 0 saturated carbocycles. The van der Waals surface area contributed by atoms with Gasteiger partial charge < -0.3 is 0 Å². The second kappa shape index (κ2) is 4.91. The molecule has 3 heterocycles. The molecule has 0 radical (unpaired) electrons. The van der Waals surface area contributed by atoms with E-state index in [1.165, 1.54) is 11.3 Å². The minimum atomic E-state index is 0.152. The SMILES string of the molecule is Clc1nc(Cl)c2sc3nc(-c4ccccc4)ccc3c2n1. The highest BCUT2D eigenvalue weighted by molar-refractivity contribution is 7.25. The van der Waals surface area contributed by atoms with E-state index < -0.39 is 0 Å². The van der Waals surface area contributed by atoms with E-state index in [1.54, 1.807) is 0 Å². The van der Waals surface area contributed by atoms with Crippen LogP contribution < -0.4 is 0 Å². The highest BCUT2D eigenvalue weighted by Crippen LogP contribution is 2.36. The summed E-state index contributed by atoms with van der Waals surface area (Å²) in [7, 11) is 0. The molecule has 0 amide bonds. The standard InChI is InChI=1S/C15H7Cl2N3S/c16-13-12-11(19-15(17)20-13)9-6-7-10(18-14(9)21-12)8-4-2-1-3-5-8/h1-7H. The Hall–Kier alpha value is -1.75. The van der Waals surface area contributed by atoms with Crippen LogP contribution in [0.25, 0.3) is 31.7 Å². The molecule has 0 aliphatic heterocycles. The molecule has 0 atom stereocenters. The quantitative estimate of drug-likeness (QED) is 0.355. The molecule has 3 aromatic heterocycles. The first-order valence-electron chi connectivity index (χ1n) is 6.20. The number of fused-ring (bicyclic) bond motifs is 3. The zero-order valence-corrected chi connectivity index (χ0v) is 12.9. The van der Waals surface area contributed by atoms with Gasteiger partial charge in [0.05, 0.1) is 15.9 Å². The fourth-order valence-corrected chi connectivity index (χ4v) is 3.73. The molecule has 102 valence electrons. The summed E-state index contributed by atoms with van der Waals surface area (Å²) in [5.41, 5.74) is 2.75. The summed E-state index contributed by atoms with van der Waals surface area (Å²) >= 11 is 13.5. The number of nitrogens with zero attached hydrogens (tertiary/aromatic N) is 3. The molecule has 0 aliphatic rings. The maximum atomic E-state index is 6.14. The van der Waals surface area contributed by atoms with Gasteiger partial charge in [0.1, 0.15) is 4.83 Å². The van der Waals surface area contributed by atoms with E-state index in [-0.39, 0.29) is 5.28 Å². The van der Waals surface area contributed by atoms with E-state index >= 15 is 0 Å². The average molecular weight is 332 g/mol. The van der Waals surface area contributed by atoms with Crippen LogP contribution in [0.3, 0.4) is 0 Å². The van der Waals surface area contributed by atoms with E-state index in [1.807, 2.05) is 42.5 Å². The molecule has 0 N–H and O–H groups in total. The molecule has 0 aliphatic carbocycles. The molecule has 0 fully saturated rings. The second-order valence-corrected chi connectivity index (χ2v) is 6.17. The second-order valence-electron chi connectivity index (χ2n) is 4.48. The Morgan fingerprint density at radius 1 is 0.857 bits per heavy atom. The van der Waals surface area contributed by atoms with Crippen molar-refractivity contribution in [3.05, 3.63) is 52.9 Å². The lowest BCUT2D eigenvalue weighted by Crippen LogP contribution is -1.84. The minimum Gasteiger partial charge on any atom is -0.237 e. The highest BCUT2D eigenvalue weighted by Gasteiger charge is 2.13. The smallest absolute Gasteiger partial charge is 0.224 e. The molecule has 21 heavy (non-hydrogen) atoms. The maximum absolute atomic E-state index is 6.14. The number of pyridine rings is 1. The van der Waals surface area contributed by atoms with Gasteiger partial charge in [0.15, 0.2) is 5.15 Å². The van der Waals surface area contributed by atoms with Crippen LogP contribution in [0.15, 0.2) is 42.5 Å². The van der Waals surface area contributed by atoms with Gasteiger partial charge in [-0.1, -0.05) is 41.9 Å². The summed E-state index contributed by atoms with van der Waals surface area (Å²) in [6, 6.07) is 14.0. The maximum Gasteiger partial charge on any atom is 0.224 e. The van der Waals surface area contributed by atoms with Gasteiger partial charge in [-0.2, -0.15) is 0 Å². The van der Waals surface area contributed by atoms with Gasteiger partial charge >= 0.3 is 0 Å². The van der Waals surface area contributed by atoms with Crippen LogP contribution in [0.1, 0.15) is 0 Å². The largest absolute Gasteiger partial charge is 0.237 e. The van der Waals surface area contributed by atoms with E-state index in [0.29, 0.717) is 5.15 Å². The highest BCUT2D eigenvalue weighted by atomic mass is 35.5. The van der Waals surface area contributed by atoms with Crippen LogP contribution in [0.2, 0.25) is 10.4 Å². The molecule has 0 saturated heterocycles. The predicted octanol–water partition coefficient (Wildman–Crippen LogP) is 5.21. The van der Waals surface area contributed by atoms with Crippen LogP contribution >= 0.6 is 34.5 Å². The third-order valence-electron chi connectivity index (χ3n) is 3.18. The Morgan fingerprint density at radius 2 is 1.67 bits per heavy atom. The number of hydrogen-bond donors (Lipinski definition) is 0. The van der Waals surface area contributed by atoms with Crippen LogP contribution in [0.4, 0.5) is 0 Å². The summed E-state index contributed by atoms with van der Waals surface area (Å²) < 4.78 is 0.814. The van der Waals surface area contributed by atoms with Gasteiger partial charge in [0.25, 0.3) is 0 Å². The van der Waals surface area contributed by atoms with E-state index in [0.717, 1.165) is 31.7 Å². The number of halogens is 2. The van der Waals surface area contributed by atoms with Gasteiger partial charge in [-0.15, -0.1) is 11.3 Å². The van der Waals surface area contributed by atoms with Gasteiger partial charge in [0, 0.05) is 10.9 Å². The zero-order chi connectivity index (χ0) is 14.4. The normalized spacial score (nSPS) is 11.3. The fraction of sp³-hybridized carbons (Fsp3) is 0. The summed E-state index contributed by atoms with van der Waals surface area (Å²) in [5, 5.41) is 1.47. The van der Waals surface area contributed by atoms with Crippen LogP contribution in [0, 0.1) is 0 Å². The topological polar surface area (TPSA) is 38.7 Å². The molecule has 1 aromatic carbocycles. The van der Waals surface area contributed by atoms with E-state index in [2.05, 4.69) is 9.97 Å². The number of benzene rings is 1. The summed E-state index contributed by atoms with van der Waals surface area (Å²) in [5.74, 6) is 0. The number of hydrogen-bond acceptors (Lipinski definition) is 4. The van der Waals surface area contributed by atoms with Crippen molar-refractivity contribution in [2.24, 2.45) is 0 Å². The molecule has 4 rings (SSSR count). The van der Waals surface area contributed by atoms with Gasteiger partial charge in [-0.25, -0.2) is 15.0 Å². The number of rotatable bonds is 1. The Balaban J connectivity index is 2.01. The van der Waals surface area contributed by atoms with Crippen molar-refractivity contribution in [1.29, 1.82) is 0 Å². The Labute approximate surface area is 134 Å². The monoisotopic (exact) mass is 331 g/mol. The lowest BCUT2D eigenvalue weighted by atomic mass is 10.1. The van der Waals surface area contributed by atoms with Gasteiger partial charge in [0.2, 0.25) is 5.28 Å². The zero-order valence-electron chi connectivity index (χ0n) is 10.5. The van der Waals surface area contributed by atoms with Crippen molar-refractivity contribution in [2.75, 3.05) is 0 Å². The van der Waals surface area contributed by atoms with Crippen molar-refractivity contribution in [2.45, 2.75) is 0 Å². The lowest BCUT2D eigenvalue weighted by molar-refractivity contribution is 1.23. The van der Waals surface area contributed by atoms with Crippen molar-refractivity contribution in [3.63, 3.8) is 0 Å². The average Bonchev–Trinajstić information content (AvgIpc) is 2.86. The summed E-state index contributed by atoms with van der Waals surface area (Å²) in [6.07, 6.45) is 0. The van der Waals surface area contributed by atoms with Gasteiger partial charge in [-0.05, 0) is 23.7 Å². The molecule has 0 bridgehead atoms. The molecular formula is C15H7Cl2N3S. The van der Waals surface area contributed by atoms with Crippen molar-refractivity contribution >= 4 is 55.0 Å². The van der Waals surface area contributed by atoms with Crippen LogP contribution in [0.5, 0.6) is 0 Å². The number of aromatic nitrogens is 3. The van der Waals surface area contributed by atoms with Crippen molar-refractivity contribution in [1.82, 2.24) is 15.0 Å². The molecule has 0 unspecified atom stereocenters. The summed E-state index contributed by atoms with van der Waals surface area (Å²) in [6.45, 7) is 0. The Kier molecular flexibility index (Phi) is 3.03. The van der Waals surface area contributed by atoms with Crippen molar-refractivity contribution in [3.8, 4) is 11.3 Å².